The number of ether oxygens (including phenoxy) is 1. The number of nitrogens with one attached hydrogen (secondary N) is 1. The first kappa shape index (κ1) is 21.5. The molecule has 1 aromatic carbocycles. The summed E-state index contributed by atoms with van der Waals surface area (Å²) in [5, 5.41) is 7.42. The first-order valence-electron chi connectivity index (χ1n) is 10.7. The van der Waals surface area contributed by atoms with E-state index in [0.717, 1.165) is 29.8 Å². The van der Waals surface area contributed by atoms with Crippen LogP contribution in [0.15, 0.2) is 54.9 Å². The van der Waals surface area contributed by atoms with Gasteiger partial charge in [-0.15, -0.1) is 0 Å². The minimum atomic E-state index is -0.150. The fourth-order valence-electron chi connectivity index (χ4n) is 4.00. The molecule has 1 aliphatic heterocycles. The zero-order valence-electron chi connectivity index (χ0n) is 18.3. The van der Waals surface area contributed by atoms with Crippen molar-refractivity contribution >= 4 is 11.8 Å². The molecule has 32 heavy (non-hydrogen) atoms. The van der Waals surface area contributed by atoms with Crippen LogP contribution in [0.5, 0.6) is 5.75 Å². The Morgan fingerprint density at radius 3 is 2.59 bits per heavy atom. The minimum absolute atomic E-state index is 0.0235. The predicted molar refractivity (Wildman–Crippen MR) is 120 cm³/mol. The molecule has 166 valence electrons. The number of nitrogens with zero attached hydrogens (tertiary/aromatic N) is 4. The van der Waals surface area contributed by atoms with E-state index in [0.29, 0.717) is 30.9 Å². The smallest absolute Gasteiger partial charge is 0.254 e. The van der Waals surface area contributed by atoms with E-state index in [1.54, 1.807) is 24.2 Å². The maximum Gasteiger partial charge on any atom is 0.254 e. The summed E-state index contributed by atoms with van der Waals surface area (Å²) in [4.78, 5) is 31.7. The van der Waals surface area contributed by atoms with Crippen molar-refractivity contribution < 1.29 is 14.3 Å². The summed E-state index contributed by atoms with van der Waals surface area (Å²) < 4.78 is 7.01. The summed E-state index contributed by atoms with van der Waals surface area (Å²) in [6.07, 6.45) is 5.02. The fraction of sp³-hybridized carbons (Fsp3) is 0.333. The zero-order chi connectivity index (χ0) is 22.5. The molecule has 0 spiro atoms. The highest BCUT2D eigenvalue weighted by Crippen LogP contribution is 2.20. The van der Waals surface area contributed by atoms with Crippen LogP contribution in [-0.2, 0) is 11.2 Å². The molecule has 2 amide bonds. The van der Waals surface area contributed by atoms with E-state index in [1.165, 1.54) is 0 Å². The summed E-state index contributed by atoms with van der Waals surface area (Å²) in [6, 6.07) is 13.2. The van der Waals surface area contributed by atoms with Crippen molar-refractivity contribution in [3.63, 3.8) is 0 Å². The largest absolute Gasteiger partial charge is 0.496 e. The molecule has 0 bridgehead atoms. The Bertz CT molecular complexity index is 1090. The van der Waals surface area contributed by atoms with Crippen molar-refractivity contribution in [1.82, 2.24) is 25.0 Å². The Hall–Kier alpha value is -3.68. The molecule has 0 aliphatic carbocycles. The number of para-hydroxylation sites is 1. The topological polar surface area (TPSA) is 89.4 Å². The van der Waals surface area contributed by atoms with Gasteiger partial charge >= 0.3 is 0 Å². The monoisotopic (exact) mass is 433 g/mol. The Balaban J connectivity index is 1.32. The van der Waals surface area contributed by atoms with Gasteiger partial charge in [0.15, 0.2) is 5.82 Å². The van der Waals surface area contributed by atoms with Gasteiger partial charge in [-0.2, -0.15) is 5.10 Å². The fourth-order valence-corrected chi connectivity index (χ4v) is 4.00. The molecule has 3 aromatic rings. The van der Waals surface area contributed by atoms with E-state index >= 15 is 0 Å². The third-order valence-corrected chi connectivity index (χ3v) is 5.84. The van der Waals surface area contributed by atoms with Gasteiger partial charge in [-0.25, -0.2) is 9.67 Å². The summed E-state index contributed by atoms with van der Waals surface area (Å²) >= 11 is 0. The van der Waals surface area contributed by atoms with E-state index in [4.69, 9.17) is 4.74 Å². The first-order valence-corrected chi connectivity index (χ1v) is 10.7. The molecular weight excluding hydrogens is 406 g/mol. The molecule has 1 fully saturated rings. The third-order valence-electron chi connectivity index (χ3n) is 5.84. The number of pyridine rings is 1. The van der Waals surface area contributed by atoms with E-state index in [9.17, 15) is 9.59 Å². The zero-order valence-corrected chi connectivity index (χ0v) is 18.3. The normalized spacial score (nSPS) is 14.2. The lowest BCUT2D eigenvalue weighted by atomic mass is 10.0. The second-order valence-electron chi connectivity index (χ2n) is 7.86. The van der Waals surface area contributed by atoms with Crippen LogP contribution < -0.4 is 10.1 Å². The van der Waals surface area contributed by atoms with Gasteiger partial charge in [0, 0.05) is 30.9 Å². The van der Waals surface area contributed by atoms with E-state index in [1.807, 2.05) is 54.3 Å². The summed E-state index contributed by atoms with van der Waals surface area (Å²) in [7, 11) is 1.61. The molecule has 0 atom stereocenters. The van der Waals surface area contributed by atoms with E-state index < -0.39 is 0 Å². The summed E-state index contributed by atoms with van der Waals surface area (Å²) in [5.74, 6) is 1.32. The lowest BCUT2D eigenvalue weighted by Gasteiger charge is -2.32. The first-order chi connectivity index (χ1) is 15.6. The molecule has 3 heterocycles. The van der Waals surface area contributed by atoms with Crippen LogP contribution in [-0.4, -0.2) is 57.7 Å². The molecule has 4 rings (SSSR count). The molecule has 0 saturated carbocycles. The quantitative estimate of drug-likeness (QED) is 0.645. The van der Waals surface area contributed by atoms with Crippen LogP contribution in [0.3, 0.4) is 0 Å². The average molecular weight is 434 g/mol. The molecule has 0 radical (unpaired) electrons. The Morgan fingerprint density at radius 2 is 1.88 bits per heavy atom. The van der Waals surface area contributed by atoms with Crippen molar-refractivity contribution in [2.45, 2.75) is 32.2 Å². The van der Waals surface area contributed by atoms with Gasteiger partial charge in [0.2, 0.25) is 5.91 Å². The highest BCUT2D eigenvalue weighted by Gasteiger charge is 2.26. The number of methoxy groups -OCH3 is 1. The molecule has 8 nitrogen and oxygen atoms in total. The van der Waals surface area contributed by atoms with Gasteiger partial charge in [0.05, 0.1) is 31.0 Å². The van der Waals surface area contributed by atoms with Crippen LogP contribution in [0.4, 0.5) is 0 Å². The van der Waals surface area contributed by atoms with Crippen molar-refractivity contribution in [2.24, 2.45) is 0 Å². The lowest BCUT2D eigenvalue weighted by Crippen LogP contribution is -2.47. The van der Waals surface area contributed by atoms with Crippen molar-refractivity contribution in [2.75, 3.05) is 20.2 Å². The average Bonchev–Trinajstić information content (AvgIpc) is 3.22. The van der Waals surface area contributed by atoms with Crippen molar-refractivity contribution in [1.29, 1.82) is 0 Å². The standard InChI is InChI=1S/C24H27N5O3/c1-17-20(16-26-29(17)22-9-5-6-12-25-22)24(31)27-19-10-13-28(14-11-19)23(30)15-18-7-3-4-8-21(18)32-2/h3-9,12,16,19H,10-11,13-15H2,1-2H3,(H,27,31). The highest BCUT2D eigenvalue weighted by molar-refractivity contribution is 5.95. The molecule has 8 heteroatoms. The number of likely N-dealkylation sites (tertiary alicyclic amines) is 1. The number of benzene rings is 1. The van der Waals surface area contributed by atoms with Crippen molar-refractivity contribution in [3.8, 4) is 11.6 Å². The molecule has 2 aromatic heterocycles. The summed E-state index contributed by atoms with van der Waals surface area (Å²) in [6.45, 7) is 3.09. The maximum atomic E-state index is 12.8. The van der Waals surface area contributed by atoms with Crippen LogP contribution in [0.2, 0.25) is 0 Å². The Labute approximate surface area is 187 Å². The van der Waals surface area contributed by atoms with Gasteiger partial charge < -0.3 is 15.0 Å². The second-order valence-corrected chi connectivity index (χ2v) is 7.86. The second kappa shape index (κ2) is 9.64. The number of aromatic nitrogens is 3. The predicted octanol–water partition coefficient (Wildman–Crippen LogP) is 2.55. The van der Waals surface area contributed by atoms with Gasteiger partial charge in [-0.1, -0.05) is 24.3 Å². The number of piperidine rings is 1. The van der Waals surface area contributed by atoms with Gasteiger partial charge in [-0.3, -0.25) is 9.59 Å². The van der Waals surface area contributed by atoms with Crippen LogP contribution in [0.1, 0.15) is 34.5 Å². The number of rotatable bonds is 6. The van der Waals surface area contributed by atoms with E-state index in [-0.39, 0.29) is 17.9 Å². The maximum absolute atomic E-state index is 12.8. The molecule has 1 N–H and O–H groups in total. The van der Waals surface area contributed by atoms with Gasteiger partial charge in [0.25, 0.3) is 5.91 Å². The SMILES string of the molecule is COc1ccccc1CC(=O)N1CCC(NC(=O)c2cnn(-c3ccccn3)c2C)CC1. The molecular formula is C24H27N5O3. The molecule has 0 unspecified atom stereocenters. The Kier molecular flexibility index (Phi) is 6.49. The number of carbonyl (C=O) groups excluding carboxylic acids is 2. The number of carbonyl (C=O) groups is 2. The number of hydrogen-bond donors (Lipinski definition) is 1. The summed E-state index contributed by atoms with van der Waals surface area (Å²) in [5.41, 5.74) is 2.16. The van der Waals surface area contributed by atoms with Crippen LogP contribution in [0.25, 0.3) is 5.82 Å². The third kappa shape index (κ3) is 4.64. The van der Waals surface area contributed by atoms with E-state index in [2.05, 4.69) is 15.4 Å². The van der Waals surface area contributed by atoms with Crippen LogP contribution >= 0.6 is 0 Å². The molecule has 1 saturated heterocycles. The van der Waals surface area contributed by atoms with Crippen molar-refractivity contribution in [3.05, 3.63) is 71.7 Å². The van der Waals surface area contributed by atoms with Crippen LogP contribution in [0, 0.1) is 6.92 Å². The highest BCUT2D eigenvalue weighted by atomic mass is 16.5. The van der Waals surface area contributed by atoms with Gasteiger partial charge in [-0.05, 0) is 38.0 Å². The lowest BCUT2D eigenvalue weighted by molar-refractivity contribution is -0.131. The number of hydrogen-bond acceptors (Lipinski definition) is 5. The molecule has 1 aliphatic rings. The van der Waals surface area contributed by atoms with Gasteiger partial charge in [0.1, 0.15) is 5.75 Å². The Morgan fingerprint density at radius 1 is 1.12 bits per heavy atom. The minimum Gasteiger partial charge on any atom is -0.496 e. The number of amides is 2.